The first-order chi connectivity index (χ1) is 14.7. The van der Waals surface area contributed by atoms with Crippen LogP contribution in [0.4, 0.5) is 0 Å². The van der Waals surface area contributed by atoms with E-state index in [-0.39, 0.29) is 11.7 Å². The van der Waals surface area contributed by atoms with Crippen LogP contribution in [0.1, 0.15) is 24.0 Å². The summed E-state index contributed by atoms with van der Waals surface area (Å²) in [4.78, 5) is 24.6. The normalized spacial score (nSPS) is 16.9. The molecule has 0 bridgehead atoms. The average Bonchev–Trinajstić information content (AvgIpc) is 3.45. The van der Waals surface area contributed by atoms with Crippen molar-refractivity contribution in [3.05, 3.63) is 76.9 Å². The molecule has 1 aliphatic rings. The third kappa shape index (κ3) is 2.91. The zero-order valence-corrected chi connectivity index (χ0v) is 16.6. The van der Waals surface area contributed by atoms with Gasteiger partial charge in [-0.2, -0.15) is 5.26 Å². The summed E-state index contributed by atoms with van der Waals surface area (Å²) in [6.07, 6.45) is 4.20. The summed E-state index contributed by atoms with van der Waals surface area (Å²) in [6, 6.07) is 15.7. The summed E-state index contributed by atoms with van der Waals surface area (Å²) in [5.41, 5.74) is 2.85. The molecule has 1 atom stereocenters. The van der Waals surface area contributed by atoms with Crippen LogP contribution in [-0.2, 0) is 13.6 Å². The predicted octanol–water partition coefficient (Wildman–Crippen LogP) is 2.24. The van der Waals surface area contributed by atoms with Crippen LogP contribution in [0.3, 0.4) is 0 Å². The lowest BCUT2D eigenvalue weighted by Crippen LogP contribution is -2.29. The standard InChI is InChI=1S/C22H21N7O/c1-26-18(12-23)13-25-20(26)15-27-11-9-17(14-27)29-21-19(8-5-10-24-21)28(22(29)30)16-6-3-2-4-7-16/h2-8,10,13,17H,9,11,14-15H2,1H3/t17-/m0/s1. The molecule has 30 heavy (non-hydrogen) atoms. The Bertz CT molecular complexity index is 1310. The Hall–Kier alpha value is -3.70. The van der Waals surface area contributed by atoms with Crippen molar-refractivity contribution in [2.45, 2.75) is 19.0 Å². The zero-order valence-electron chi connectivity index (χ0n) is 16.6. The Kier molecular flexibility index (Phi) is 4.45. The zero-order chi connectivity index (χ0) is 20.7. The highest BCUT2D eigenvalue weighted by molar-refractivity contribution is 5.74. The number of hydrogen-bond donors (Lipinski definition) is 0. The van der Waals surface area contributed by atoms with Crippen LogP contribution in [0.25, 0.3) is 16.9 Å². The number of nitrogens with zero attached hydrogens (tertiary/aromatic N) is 7. The van der Waals surface area contributed by atoms with Crippen molar-refractivity contribution >= 4 is 11.2 Å². The second-order valence-corrected chi connectivity index (χ2v) is 7.58. The van der Waals surface area contributed by atoms with Crippen LogP contribution in [0.15, 0.2) is 59.7 Å². The number of rotatable bonds is 4. The molecular formula is C22H21N7O. The van der Waals surface area contributed by atoms with Gasteiger partial charge in [-0.3, -0.25) is 14.0 Å². The number of nitriles is 1. The Morgan fingerprint density at radius 1 is 1.17 bits per heavy atom. The lowest BCUT2D eigenvalue weighted by molar-refractivity contribution is 0.304. The fourth-order valence-corrected chi connectivity index (χ4v) is 4.27. The Morgan fingerprint density at radius 3 is 2.77 bits per heavy atom. The molecule has 1 aromatic carbocycles. The van der Waals surface area contributed by atoms with E-state index in [0.717, 1.165) is 36.5 Å². The summed E-state index contributed by atoms with van der Waals surface area (Å²) >= 11 is 0. The molecule has 0 spiro atoms. The van der Waals surface area contributed by atoms with Crippen molar-refractivity contribution in [1.82, 2.24) is 28.6 Å². The van der Waals surface area contributed by atoms with E-state index in [1.165, 1.54) is 0 Å². The third-order valence-electron chi connectivity index (χ3n) is 5.82. The minimum absolute atomic E-state index is 0.0376. The molecule has 4 heterocycles. The number of likely N-dealkylation sites (tertiary alicyclic amines) is 1. The van der Waals surface area contributed by atoms with Crippen molar-refractivity contribution in [1.29, 1.82) is 5.26 Å². The average molecular weight is 399 g/mol. The van der Waals surface area contributed by atoms with Gasteiger partial charge in [-0.15, -0.1) is 0 Å². The van der Waals surface area contributed by atoms with Crippen molar-refractivity contribution in [2.75, 3.05) is 13.1 Å². The van der Waals surface area contributed by atoms with Crippen LogP contribution < -0.4 is 5.69 Å². The third-order valence-corrected chi connectivity index (χ3v) is 5.82. The topological polar surface area (TPSA) is 84.7 Å². The first kappa shape index (κ1) is 18.3. The van der Waals surface area contributed by atoms with Gasteiger partial charge in [-0.05, 0) is 30.7 Å². The van der Waals surface area contributed by atoms with Crippen molar-refractivity contribution in [2.24, 2.45) is 7.05 Å². The Balaban J connectivity index is 1.49. The summed E-state index contributed by atoms with van der Waals surface area (Å²) in [7, 11) is 1.86. The summed E-state index contributed by atoms with van der Waals surface area (Å²) in [5, 5.41) is 9.14. The first-order valence-corrected chi connectivity index (χ1v) is 9.94. The largest absolute Gasteiger partial charge is 0.335 e. The van der Waals surface area contributed by atoms with Crippen LogP contribution in [0, 0.1) is 11.3 Å². The van der Waals surface area contributed by atoms with E-state index in [9.17, 15) is 4.79 Å². The Labute approximate surface area is 173 Å². The second kappa shape index (κ2) is 7.28. The maximum absolute atomic E-state index is 13.5. The highest BCUT2D eigenvalue weighted by Crippen LogP contribution is 2.26. The second-order valence-electron chi connectivity index (χ2n) is 7.58. The highest BCUT2D eigenvalue weighted by atomic mass is 16.2. The molecule has 0 unspecified atom stereocenters. The van der Waals surface area contributed by atoms with Gasteiger partial charge in [-0.1, -0.05) is 18.2 Å². The van der Waals surface area contributed by atoms with E-state index in [1.54, 1.807) is 17.0 Å². The summed E-state index contributed by atoms with van der Waals surface area (Å²) in [5.74, 6) is 0.851. The van der Waals surface area contributed by atoms with Gasteiger partial charge in [0.2, 0.25) is 0 Å². The highest BCUT2D eigenvalue weighted by Gasteiger charge is 2.29. The van der Waals surface area contributed by atoms with E-state index in [1.807, 2.05) is 58.6 Å². The molecule has 8 nitrogen and oxygen atoms in total. The van der Waals surface area contributed by atoms with Crippen LogP contribution >= 0.6 is 0 Å². The molecule has 0 amide bonds. The van der Waals surface area contributed by atoms with Crippen molar-refractivity contribution in [3.63, 3.8) is 0 Å². The Morgan fingerprint density at radius 2 is 2.00 bits per heavy atom. The fraction of sp³-hybridized carbons (Fsp3) is 0.273. The molecule has 0 N–H and O–H groups in total. The number of fused-ring (bicyclic) bond motifs is 1. The molecule has 5 rings (SSSR count). The molecule has 1 saturated heterocycles. The van der Waals surface area contributed by atoms with E-state index >= 15 is 0 Å². The van der Waals surface area contributed by atoms with Gasteiger partial charge in [0.15, 0.2) is 5.65 Å². The fourth-order valence-electron chi connectivity index (χ4n) is 4.27. The van der Waals surface area contributed by atoms with Gasteiger partial charge in [0.1, 0.15) is 17.6 Å². The SMILES string of the molecule is Cn1c(C#N)cnc1CN1CC[C@H](n2c(=O)n(-c3ccccc3)c3cccnc32)C1. The summed E-state index contributed by atoms with van der Waals surface area (Å²) in [6.45, 7) is 2.24. The quantitative estimate of drug-likeness (QED) is 0.525. The number of imidazole rings is 2. The molecule has 4 aromatic rings. The van der Waals surface area contributed by atoms with Crippen LogP contribution in [-0.4, -0.2) is 41.7 Å². The van der Waals surface area contributed by atoms with Crippen LogP contribution in [0.2, 0.25) is 0 Å². The van der Waals surface area contributed by atoms with Crippen molar-refractivity contribution in [3.8, 4) is 11.8 Å². The van der Waals surface area contributed by atoms with Gasteiger partial charge in [0.25, 0.3) is 0 Å². The molecule has 0 aliphatic carbocycles. The van der Waals surface area contributed by atoms with Gasteiger partial charge >= 0.3 is 5.69 Å². The van der Waals surface area contributed by atoms with Gasteiger partial charge < -0.3 is 4.57 Å². The van der Waals surface area contributed by atoms with Gasteiger partial charge in [0.05, 0.1) is 30.0 Å². The van der Waals surface area contributed by atoms with E-state index in [2.05, 4.69) is 20.9 Å². The molecule has 0 radical (unpaired) electrons. The number of pyridine rings is 1. The molecule has 3 aromatic heterocycles. The molecule has 1 fully saturated rings. The lowest BCUT2D eigenvalue weighted by Gasteiger charge is -2.16. The lowest BCUT2D eigenvalue weighted by atomic mass is 10.2. The molecule has 0 saturated carbocycles. The molecular weight excluding hydrogens is 378 g/mol. The minimum atomic E-state index is -0.0643. The van der Waals surface area contributed by atoms with Crippen molar-refractivity contribution < 1.29 is 0 Å². The number of aromatic nitrogens is 5. The number of benzene rings is 1. The van der Waals surface area contributed by atoms with Gasteiger partial charge in [-0.25, -0.2) is 14.8 Å². The smallest absolute Gasteiger partial charge is 0.322 e. The van der Waals surface area contributed by atoms with E-state index in [4.69, 9.17) is 5.26 Å². The summed E-state index contributed by atoms with van der Waals surface area (Å²) < 4.78 is 5.40. The van der Waals surface area contributed by atoms with E-state index in [0.29, 0.717) is 17.9 Å². The molecule has 8 heteroatoms. The molecule has 150 valence electrons. The predicted molar refractivity (Wildman–Crippen MR) is 112 cm³/mol. The molecule has 1 aliphatic heterocycles. The minimum Gasteiger partial charge on any atom is -0.322 e. The maximum atomic E-state index is 13.5. The monoisotopic (exact) mass is 399 g/mol. The number of para-hydroxylation sites is 1. The van der Waals surface area contributed by atoms with Gasteiger partial charge in [0, 0.05) is 26.3 Å². The first-order valence-electron chi connectivity index (χ1n) is 9.94. The number of hydrogen-bond acceptors (Lipinski definition) is 5. The maximum Gasteiger partial charge on any atom is 0.335 e. The van der Waals surface area contributed by atoms with E-state index < -0.39 is 0 Å². The van der Waals surface area contributed by atoms with Crippen LogP contribution in [0.5, 0.6) is 0 Å².